The van der Waals surface area contributed by atoms with Gasteiger partial charge in [0.15, 0.2) is 5.43 Å². The molecule has 0 spiro atoms. The molecule has 4 aromatic rings. The number of fused-ring (bicyclic) bond motifs is 1. The number of phenols is 2. The fraction of sp³-hybridized carbons (Fsp3) is 0.192. The number of benzene rings is 3. The number of nitrogens with one attached hydrogen (secondary N) is 1. The molecule has 5 heteroatoms. The molecule has 0 amide bonds. The highest BCUT2D eigenvalue weighted by molar-refractivity contribution is 5.94. The van der Waals surface area contributed by atoms with E-state index in [-0.39, 0.29) is 34.0 Å². The molecule has 0 bridgehead atoms. The first-order valence-electron chi connectivity index (χ1n) is 10.5. The zero-order chi connectivity index (χ0) is 21.4. The van der Waals surface area contributed by atoms with Gasteiger partial charge in [-0.25, -0.2) is 0 Å². The number of hydrogen-bond acceptors (Lipinski definition) is 5. The Kier molecular flexibility index (Phi) is 4.96. The van der Waals surface area contributed by atoms with Crippen LogP contribution in [0.15, 0.2) is 75.9 Å². The molecule has 0 unspecified atom stereocenters. The Morgan fingerprint density at radius 2 is 1.55 bits per heavy atom. The molecule has 3 N–H and O–H groups in total. The molecule has 1 aliphatic rings. The van der Waals surface area contributed by atoms with Crippen LogP contribution in [0.5, 0.6) is 11.5 Å². The van der Waals surface area contributed by atoms with E-state index in [1.807, 2.05) is 30.3 Å². The molecule has 2 heterocycles. The SMILES string of the molecule is O=c1cc(-c2ccccc2O)oc2c(C3CCNCC3)c(-c3ccccc3)cc(O)c12. The van der Waals surface area contributed by atoms with E-state index in [0.29, 0.717) is 11.1 Å². The van der Waals surface area contributed by atoms with E-state index in [2.05, 4.69) is 5.32 Å². The molecule has 1 fully saturated rings. The standard InChI is InChI=1S/C26H23NO4/c28-20-9-5-4-8-18(20)23-15-22(30)25-21(29)14-19(16-6-2-1-3-7-16)24(26(25)31-23)17-10-12-27-13-11-17/h1-9,14-15,17,27-29H,10-13H2. The number of phenolic OH excluding ortho intramolecular Hbond substituents is 2. The fourth-order valence-corrected chi connectivity index (χ4v) is 4.52. The van der Waals surface area contributed by atoms with Crippen molar-refractivity contribution in [3.05, 3.63) is 82.5 Å². The van der Waals surface area contributed by atoms with Gasteiger partial charge in [0.05, 0.1) is 5.56 Å². The molecule has 1 aliphatic heterocycles. The van der Waals surface area contributed by atoms with E-state index < -0.39 is 0 Å². The molecule has 1 aromatic heterocycles. The van der Waals surface area contributed by atoms with E-state index in [1.165, 1.54) is 6.07 Å². The Balaban J connectivity index is 1.86. The fourth-order valence-electron chi connectivity index (χ4n) is 4.52. The summed E-state index contributed by atoms with van der Waals surface area (Å²) in [4.78, 5) is 13.1. The first kappa shape index (κ1) is 19.4. The molecule has 0 radical (unpaired) electrons. The lowest BCUT2D eigenvalue weighted by atomic mass is 9.83. The van der Waals surface area contributed by atoms with Crippen LogP contribution in [-0.4, -0.2) is 23.3 Å². The van der Waals surface area contributed by atoms with Crippen molar-refractivity contribution in [1.82, 2.24) is 5.32 Å². The summed E-state index contributed by atoms with van der Waals surface area (Å²) in [5.74, 6) is 0.415. The van der Waals surface area contributed by atoms with E-state index in [0.717, 1.165) is 42.6 Å². The molecule has 5 rings (SSSR count). The first-order valence-corrected chi connectivity index (χ1v) is 10.5. The summed E-state index contributed by atoms with van der Waals surface area (Å²) in [6.07, 6.45) is 1.81. The predicted molar refractivity (Wildman–Crippen MR) is 122 cm³/mol. The van der Waals surface area contributed by atoms with E-state index in [4.69, 9.17) is 4.42 Å². The third-order valence-corrected chi connectivity index (χ3v) is 6.02. The second kappa shape index (κ2) is 7.93. The van der Waals surface area contributed by atoms with Gasteiger partial charge >= 0.3 is 0 Å². The van der Waals surface area contributed by atoms with Crippen LogP contribution < -0.4 is 10.7 Å². The Labute approximate surface area is 179 Å². The van der Waals surface area contributed by atoms with Crippen LogP contribution in [0.1, 0.15) is 24.3 Å². The first-order chi connectivity index (χ1) is 15.1. The van der Waals surface area contributed by atoms with Gasteiger partial charge in [0.25, 0.3) is 0 Å². The third-order valence-electron chi connectivity index (χ3n) is 6.02. The van der Waals surface area contributed by atoms with Crippen molar-refractivity contribution in [2.75, 3.05) is 13.1 Å². The zero-order valence-electron chi connectivity index (χ0n) is 17.0. The molecule has 156 valence electrons. The van der Waals surface area contributed by atoms with Crippen LogP contribution in [0.4, 0.5) is 0 Å². The topological polar surface area (TPSA) is 82.7 Å². The molecule has 0 atom stereocenters. The predicted octanol–water partition coefficient (Wildman–Crippen LogP) is 5.01. The number of aromatic hydroxyl groups is 2. The van der Waals surface area contributed by atoms with E-state index in [1.54, 1.807) is 30.3 Å². The zero-order valence-corrected chi connectivity index (χ0v) is 17.0. The van der Waals surface area contributed by atoms with Crippen molar-refractivity contribution in [1.29, 1.82) is 0 Å². The smallest absolute Gasteiger partial charge is 0.197 e. The van der Waals surface area contributed by atoms with Crippen LogP contribution in [0.2, 0.25) is 0 Å². The summed E-state index contributed by atoms with van der Waals surface area (Å²) in [6, 6.07) is 19.7. The van der Waals surface area contributed by atoms with Gasteiger partial charge in [0, 0.05) is 11.6 Å². The molecular formula is C26H23NO4. The molecule has 1 saturated heterocycles. The number of rotatable bonds is 3. The normalized spacial score (nSPS) is 14.7. The van der Waals surface area contributed by atoms with Crippen molar-refractivity contribution in [2.45, 2.75) is 18.8 Å². The molecule has 3 aromatic carbocycles. The van der Waals surface area contributed by atoms with Crippen LogP contribution in [0.3, 0.4) is 0 Å². The van der Waals surface area contributed by atoms with Crippen molar-refractivity contribution in [3.8, 4) is 33.9 Å². The summed E-state index contributed by atoms with van der Waals surface area (Å²) in [6.45, 7) is 1.76. The van der Waals surface area contributed by atoms with Crippen LogP contribution in [-0.2, 0) is 0 Å². The Morgan fingerprint density at radius 1 is 0.839 bits per heavy atom. The average Bonchev–Trinajstić information content (AvgIpc) is 2.80. The van der Waals surface area contributed by atoms with Gasteiger partial charge in [0.2, 0.25) is 0 Å². The van der Waals surface area contributed by atoms with Gasteiger partial charge in [-0.05, 0) is 61.2 Å². The van der Waals surface area contributed by atoms with Crippen molar-refractivity contribution < 1.29 is 14.6 Å². The minimum atomic E-state index is -0.327. The Hall–Kier alpha value is -3.57. The highest BCUT2D eigenvalue weighted by Crippen LogP contribution is 2.43. The molecule has 31 heavy (non-hydrogen) atoms. The minimum absolute atomic E-state index is 0.0388. The molecular weight excluding hydrogens is 390 g/mol. The largest absolute Gasteiger partial charge is 0.507 e. The number of para-hydroxylation sites is 1. The average molecular weight is 413 g/mol. The van der Waals surface area contributed by atoms with Crippen molar-refractivity contribution in [3.63, 3.8) is 0 Å². The monoisotopic (exact) mass is 413 g/mol. The molecule has 5 nitrogen and oxygen atoms in total. The summed E-state index contributed by atoms with van der Waals surface area (Å²) < 4.78 is 6.30. The minimum Gasteiger partial charge on any atom is -0.507 e. The maximum Gasteiger partial charge on any atom is 0.197 e. The van der Waals surface area contributed by atoms with Gasteiger partial charge < -0.3 is 19.9 Å². The Bertz CT molecular complexity index is 1300. The molecule has 0 saturated carbocycles. The van der Waals surface area contributed by atoms with Gasteiger partial charge in [-0.15, -0.1) is 0 Å². The van der Waals surface area contributed by atoms with Gasteiger partial charge in [-0.2, -0.15) is 0 Å². The van der Waals surface area contributed by atoms with Gasteiger partial charge in [0.1, 0.15) is 28.2 Å². The Morgan fingerprint density at radius 3 is 2.29 bits per heavy atom. The lowest BCUT2D eigenvalue weighted by Gasteiger charge is -2.26. The highest BCUT2D eigenvalue weighted by Gasteiger charge is 2.26. The quantitative estimate of drug-likeness (QED) is 0.440. The summed E-state index contributed by atoms with van der Waals surface area (Å²) in [5.41, 5.74) is 3.29. The highest BCUT2D eigenvalue weighted by atomic mass is 16.3. The number of piperidine rings is 1. The van der Waals surface area contributed by atoms with Crippen molar-refractivity contribution in [2.24, 2.45) is 0 Å². The lowest BCUT2D eigenvalue weighted by molar-refractivity contribution is 0.454. The van der Waals surface area contributed by atoms with E-state index >= 15 is 0 Å². The second-order valence-corrected chi connectivity index (χ2v) is 7.94. The summed E-state index contributed by atoms with van der Waals surface area (Å²) >= 11 is 0. The van der Waals surface area contributed by atoms with Crippen LogP contribution in [0.25, 0.3) is 33.4 Å². The second-order valence-electron chi connectivity index (χ2n) is 7.94. The van der Waals surface area contributed by atoms with Gasteiger partial charge in [-0.1, -0.05) is 42.5 Å². The van der Waals surface area contributed by atoms with Crippen LogP contribution in [0, 0.1) is 0 Å². The lowest BCUT2D eigenvalue weighted by Crippen LogP contribution is -2.27. The number of hydrogen-bond donors (Lipinski definition) is 3. The van der Waals surface area contributed by atoms with Crippen LogP contribution >= 0.6 is 0 Å². The maximum absolute atomic E-state index is 13.1. The summed E-state index contributed by atoms with van der Waals surface area (Å²) in [5, 5.41) is 24.7. The maximum atomic E-state index is 13.1. The van der Waals surface area contributed by atoms with Crippen molar-refractivity contribution >= 4 is 11.0 Å². The summed E-state index contributed by atoms with van der Waals surface area (Å²) in [7, 11) is 0. The van der Waals surface area contributed by atoms with Gasteiger partial charge in [-0.3, -0.25) is 4.79 Å². The third kappa shape index (κ3) is 3.47. The molecule has 0 aliphatic carbocycles. The van der Waals surface area contributed by atoms with E-state index in [9.17, 15) is 15.0 Å².